The molecule has 0 saturated heterocycles. The van der Waals surface area contributed by atoms with Crippen LogP contribution in [-0.2, 0) is 6.18 Å². The first-order valence-electron chi connectivity index (χ1n) is 6.91. The second-order valence-electron chi connectivity index (χ2n) is 4.96. The van der Waals surface area contributed by atoms with Gasteiger partial charge in [-0.05, 0) is 36.4 Å². The van der Waals surface area contributed by atoms with Gasteiger partial charge in [-0.2, -0.15) is 18.2 Å². The molecular formula is C16H9ClF3N3O2. The Labute approximate surface area is 144 Å². The Morgan fingerprint density at radius 3 is 2.24 bits per heavy atom. The molecule has 5 nitrogen and oxygen atoms in total. The van der Waals surface area contributed by atoms with Crippen LogP contribution in [0.2, 0.25) is 5.02 Å². The zero-order valence-electron chi connectivity index (χ0n) is 12.3. The van der Waals surface area contributed by atoms with Gasteiger partial charge in [0.2, 0.25) is 5.82 Å². The lowest BCUT2D eigenvalue weighted by Gasteiger charge is -2.05. The van der Waals surface area contributed by atoms with Crippen LogP contribution in [0.3, 0.4) is 0 Å². The van der Waals surface area contributed by atoms with Crippen LogP contribution in [0.25, 0.3) is 11.4 Å². The second-order valence-corrected chi connectivity index (χ2v) is 5.40. The Balaban J connectivity index is 1.74. The molecule has 1 N–H and O–H groups in total. The molecule has 0 bridgehead atoms. The number of carbonyl (C=O) groups excluding carboxylic acids is 1. The van der Waals surface area contributed by atoms with Crippen molar-refractivity contribution < 1.29 is 22.5 Å². The highest BCUT2D eigenvalue weighted by Crippen LogP contribution is 2.29. The summed E-state index contributed by atoms with van der Waals surface area (Å²) in [5.41, 5.74) is 1.17. The predicted molar refractivity (Wildman–Crippen MR) is 84.1 cm³/mol. The van der Waals surface area contributed by atoms with Crippen molar-refractivity contribution in [2.24, 2.45) is 0 Å². The standard InChI is InChI=1S/C16H9ClF3N3O2/c17-11-5-7-12(8-6-11)21-14(24)10-3-1-9(2-4-10)13-22-15(25-23-13)16(18,19)20/h1-8H,(H,21,24). The van der Waals surface area contributed by atoms with E-state index >= 15 is 0 Å². The van der Waals surface area contributed by atoms with Crippen LogP contribution in [0, 0.1) is 0 Å². The van der Waals surface area contributed by atoms with Crippen LogP contribution < -0.4 is 5.32 Å². The molecule has 0 atom stereocenters. The van der Waals surface area contributed by atoms with E-state index in [1.807, 2.05) is 0 Å². The quantitative estimate of drug-likeness (QED) is 0.731. The van der Waals surface area contributed by atoms with Crippen LogP contribution in [0.1, 0.15) is 16.2 Å². The van der Waals surface area contributed by atoms with Crippen molar-refractivity contribution in [3.05, 3.63) is 65.0 Å². The number of carbonyl (C=O) groups is 1. The van der Waals surface area contributed by atoms with E-state index in [4.69, 9.17) is 11.6 Å². The van der Waals surface area contributed by atoms with Crippen molar-refractivity contribution in [2.75, 3.05) is 5.32 Å². The van der Waals surface area contributed by atoms with Gasteiger partial charge in [0, 0.05) is 21.8 Å². The fourth-order valence-corrected chi connectivity index (χ4v) is 2.09. The van der Waals surface area contributed by atoms with Crippen LogP contribution >= 0.6 is 11.6 Å². The number of benzene rings is 2. The number of amides is 1. The molecule has 0 radical (unpaired) electrons. The van der Waals surface area contributed by atoms with E-state index in [-0.39, 0.29) is 11.7 Å². The predicted octanol–water partition coefficient (Wildman–Crippen LogP) is 4.66. The average Bonchev–Trinajstić information content (AvgIpc) is 3.07. The fraction of sp³-hybridized carbons (Fsp3) is 0.0625. The van der Waals surface area contributed by atoms with Crippen molar-refractivity contribution in [1.82, 2.24) is 10.1 Å². The fourth-order valence-electron chi connectivity index (χ4n) is 1.96. The Hall–Kier alpha value is -2.87. The molecule has 3 rings (SSSR count). The van der Waals surface area contributed by atoms with Gasteiger partial charge in [-0.15, -0.1) is 0 Å². The number of hydrogen-bond acceptors (Lipinski definition) is 4. The number of alkyl halides is 3. The van der Waals surface area contributed by atoms with Crippen molar-refractivity contribution in [2.45, 2.75) is 6.18 Å². The second kappa shape index (κ2) is 6.56. The lowest BCUT2D eigenvalue weighted by Crippen LogP contribution is -2.11. The van der Waals surface area contributed by atoms with Gasteiger partial charge in [-0.3, -0.25) is 4.79 Å². The van der Waals surface area contributed by atoms with E-state index in [0.717, 1.165) is 0 Å². The lowest BCUT2D eigenvalue weighted by atomic mass is 10.1. The summed E-state index contributed by atoms with van der Waals surface area (Å²) in [6.07, 6.45) is -4.70. The highest BCUT2D eigenvalue weighted by molar-refractivity contribution is 6.30. The van der Waals surface area contributed by atoms with Crippen molar-refractivity contribution in [3.8, 4) is 11.4 Å². The van der Waals surface area contributed by atoms with Gasteiger partial charge in [0.15, 0.2) is 0 Å². The molecule has 1 amide bonds. The zero-order chi connectivity index (χ0) is 18.0. The van der Waals surface area contributed by atoms with Crippen LogP contribution in [-0.4, -0.2) is 16.0 Å². The lowest BCUT2D eigenvalue weighted by molar-refractivity contribution is -0.159. The molecule has 0 aliphatic heterocycles. The van der Waals surface area contributed by atoms with Crippen molar-refractivity contribution >= 4 is 23.2 Å². The molecule has 2 aromatic carbocycles. The smallest absolute Gasteiger partial charge is 0.329 e. The first kappa shape index (κ1) is 17.0. The summed E-state index contributed by atoms with van der Waals surface area (Å²) >= 11 is 5.77. The molecule has 0 unspecified atom stereocenters. The molecule has 3 aromatic rings. The monoisotopic (exact) mass is 367 g/mol. The minimum Gasteiger partial charge on any atom is -0.329 e. The van der Waals surface area contributed by atoms with Gasteiger partial charge < -0.3 is 9.84 Å². The molecule has 128 valence electrons. The van der Waals surface area contributed by atoms with E-state index < -0.39 is 12.1 Å². The van der Waals surface area contributed by atoms with Gasteiger partial charge >= 0.3 is 12.1 Å². The number of anilines is 1. The summed E-state index contributed by atoms with van der Waals surface area (Å²) in [5.74, 6) is -2.01. The number of aromatic nitrogens is 2. The van der Waals surface area contributed by atoms with E-state index in [1.165, 1.54) is 24.3 Å². The Morgan fingerprint density at radius 2 is 1.68 bits per heavy atom. The van der Waals surface area contributed by atoms with Crippen LogP contribution in [0.4, 0.5) is 18.9 Å². The summed E-state index contributed by atoms with van der Waals surface area (Å²) in [4.78, 5) is 15.4. The molecule has 25 heavy (non-hydrogen) atoms. The zero-order valence-corrected chi connectivity index (χ0v) is 13.1. The van der Waals surface area contributed by atoms with Gasteiger partial charge in [-0.1, -0.05) is 28.9 Å². The number of nitrogens with zero attached hydrogens (tertiary/aromatic N) is 2. The van der Waals surface area contributed by atoms with E-state index in [0.29, 0.717) is 21.8 Å². The first-order valence-corrected chi connectivity index (χ1v) is 7.29. The minimum absolute atomic E-state index is 0.211. The summed E-state index contributed by atoms with van der Waals surface area (Å²) in [6, 6.07) is 12.3. The average molecular weight is 368 g/mol. The normalized spacial score (nSPS) is 11.4. The summed E-state index contributed by atoms with van der Waals surface area (Å²) < 4.78 is 41.6. The molecule has 0 saturated carbocycles. The van der Waals surface area contributed by atoms with E-state index in [2.05, 4.69) is 20.0 Å². The summed E-state index contributed by atoms with van der Waals surface area (Å²) in [5, 5.41) is 6.50. The first-order chi connectivity index (χ1) is 11.8. The van der Waals surface area contributed by atoms with Crippen molar-refractivity contribution in [3.63, 3.8) is 0 Å². The third-order valence-corrected chi connectivity index (χ3v) is 3.43. The van der Waals surface area contributed by atoms with Gasteiger partial charge in [0.1, 0.15) is 0 Å². The summed E-state index contributed by atoms with van der Waals surface area (Å²) in [6.45, 7) is 0. The highest BCUT2D eigenvalue weighted by Gasteiger charge is 2.38. The molecule has 9 heteroatoms. The maximum Gasteiger partial charge on any atom is 0.471 e. The number of hydrogen-bond donors (Lipinski definition) is 1. The van der Waals surface area contributed by atoms with Crippen LogP contribution in [0.5, 0.6) is 0 Å². The Kier molecular flexibility index (Phi) is 4.45. The SMILES string of the molecule is O=C(Nc1ccc(Cl)cc1)c1ccc(-c2noc(C(F)(F)F)n2)cc1. The number of rotatable bonds is 3. The molecule has 0 fully saturated rings. The van der Waals surface area contributed by atoms with Crippen molar-refractivity contribution in [1.29, 1.82) is 0 Å². The van der Waals surface area contributed by atoms with Gasteiger partial charge in [0.05, 0.1) is 0 Å². The van der Waals surface area contributed by atoms with Gasteiger partial charge in [-0.25, -0.2) is 0 Å². The number of halogens is 4. The van der Waals surface area contributed by atoms with E-state index in [1.54, 1.807) is 24.3 Å². The summed E-state index contributed by atoms with van der Waals surface area (Å²) in [7, 11) is 0. The van der Waals surface area contributed by atoms with E-state index in [9.17, 15) is 18.0 Å². The molecule has 1 aromatic heterocycles. The molecule has 0 aliphatic carbocycles. The topological polar surface area (TPSA) is 68.0 Å². The van der Waals surface area contributed by atoms with Gasteiger partial charge in [0.25, 0.3) is 5.91 Å². The molecule has 1 heterocycles. The third kappa shape index (κ3) is 3.97. The molecule has 0 aliphatic rings. The molecular weight excluding hydrogens is 359 g/mol. The Morgan fingerprint density at radius 1 is 1.04 bits per heavy atom. The maximum atomic E-state index is 12.5. The minimum atomic E-state index is -4.70. The number of nitrogens with one attached hydrogen (secondary N) is 1. The maximum absolute atomic E-state index is 12.5. The highest BCUT2D eigenvalue weighted by atomic mass is 35.5. The third-order valence-electron chi connectivity index (χ3n) is 3.18. The van der Waals surface area contributed by atoms with Crippen LogP contribution in [0.15, 0.2) is 53.1 Å². The Bertz CT molecular complexity index is 890. The molecule has 0 spiro atoms. The largest absolute Gasteiger partial charge is 0.471 e.